The lowest BCUT2D eigenvalue weighted by Gasteiger charge is -2.57. The summed E-state index contributed by atoms with van der Waals surface area (Å²) >= 11 is 0. The first-order chi connectivity index (χ1) is 16.2. The van der Waals surface area contributed by atoms with Crippen molar-refractivity contribution in [3.63, 3.8) is 0 Å². The van der Waals surface area contributed by atoms with Crippen molar-refractivity contribution in [1.82, 2.24) is 10.6 Å². The van der Waals surface area contributed by atoms with Gasteiger partial charge in [-0.1, -0.05) is 42.5 Å². The van der Waals surface area contributed by atoms with E-state index in [0.29, 0.717) is 29.9 Å². The van der Waals surface area contributed by atoms with Gasteiger partial charge in [-0.2, -0.15) is 0 Å². The summed E-state index contributed by atoms with van der Waals surface area (Å²) in [4.78, 5) is 12.7. The average molecular weight is 447 g/mol. The molecular formula is C29H38N2O2. The van der Waals surface area contributed by atoms with E-state index in [4.69, 9.17) is 4.74 Å². The molecule has 0 aliphatic heterocycles. The molecule has 2 aromatic carbocycles. The number of amides is 1. The van der Waals surface area contributed by atoms with Gasteiger partial charge in [-0.15, -0.1) is 0 Å². The van der Waals surface area contributed by atoms with E-state index in [0.717, 1.165) is 37.1 Å². The zero-order valence-corrected chi connectivity index (χ0v) is 19.7. The molecule has 0 aromatic heterocycles. The summed E-state index contributed by atoms with van der Waals surface area (Å²) in [6.45, 7) is 3.40. The number of carbonyl (C=O) groups is 1. The van der Waals surface area contributed by atoms with Gasteiger partial charge in [-0.25, -0.2) is 0 Å². The molecule has 0 heterocycles. The lowest BCUT2D eigenvalue weighted by Crippen LogP contribution is -2.50. The van der Waals surface area contributed by atoms with E-state index in [1.165, 1.54) is 50.6 Å². The second-order valence-corrected chi connectivity index (χ2v) is 10.8. The number of benzene rings is 2. The minimum atomic E-state index is -0.0681. The number of ether oxygens (including phenoxy) is 1. The second kappa shape index (κ2) is 10.3. The van der Waals surface area contributed by atoms with E-state index in [1.807, 2.05) is 42.5 Å². The van der Waals surface area contributed by atoms with E-state index >= 15 is 0 Å². The molecule has 4 nitrogen and oxygen atoms in total. The van der Waals surface area contributed by atoms with Crippen molar-refractivity contribution in [2.24, 2.45) is 23.2 Å². The Kier molecular flexibility index (Phi) is 7.01. The van der Waals surface area contributed by atoms with Gasteiger partial charge in [0.25, 0.3) is 5.91 Å². The van der Waals surface area contributed by atoms with E-state index in [9.17, 15) is 4.79 Å². The number of para-hydroxylation sites is 1. The third-order valence-electron chi connectivity index (χ3n) is 8.09. The van der Waals surface area contributed by atoms with Crippen LogP contribution >= 0.6 is 0 Å². The minimum absolute atomic E-state index is 0.0681. The number of hydrogen-bond donors (Lipinski definition) is 2. The molecule has 2 N–H and O–H groups in total. The van der Waals surface area contributed by atoms with E-state index in [-0.39, 0.29) is 5.91 Å². The highest BCUT2D eigenvalue weighted by molar-refractivity contribution is 5.96. The summed E-state index contributed by atoms with van der Waals surface area (Å²) in [5, 5.41) is 6.78. The zero-order valence-electron chi connectivity index (χ0n) is 19.7. The summed E-state index contributed by atoms with van der Waals surface area (Å²) in [6.07, 6.45) is 10.7. The lowest BCUT2D eigenvalue weighted by atomic mass is 9.49. The molecule has 4 aliphatic rings. The second-order valence-electron chi connectivity index (χ2n) is 10.8. The first-order valence-electron chi connectivity index (χ1n) is 12.9. The SMILES string of the molecule is O=C(NCCc1ccccc1)c1ccccc1OCCCNCC12CC3CC(CC(C3)C1)C2. The summed E-state index contributed by atoms with van der Waals surface area (Å²) in [7, 11) is 0. The Morgan fingerprint density at radius 3 is 2.27 bits per heavy atom. The number of rotatable bonds is 11. The summed E-state index contributed by atoms with van der Waals surface area (Å²) in [5.74, 6) is 3.64. The van der Waals surface area contributed by atoms with Crippen LogP contribution in [0.3, 0.4) is 0 Å². The fourth-order valence-corrected chi connectivity index (χ4v) is 7.08. The highest BCUT2D eigenvalue weighted by atomic mass is 16.5. The zero-order chi connectivity index (χ0) is 22.5. The van der Waals surface area contributed by atoms with Gasteiger partial charge in [-0.05, 0) is 98.8 Å². The van der Waals surface area contributed by atoms with E-state index in [1.54, 1.807) is 0 Å². The topological polar surface area (TPSA) is 50.4 Å². The summed E-state index contributed by atoms with van der Waals surface area (Å²) in [5.41, 5.74) is 2.43. The Morgan fingerprint density at radius 2 is 1.55 bits per heavy atom. The smallest absolute Gasteiger partial charge is 0.255 e. The first-order valence-corrected chi connectivity index (χ1v) is 12.9. The van der Waals surface area contributed by atoms with Crippen LogP contribution in [0.4, 0.5) is 0 Å². The van der Waals surface area contributed by atoms with Crippen LogP contribution in [0, 0.1) is 23.2 Å². The molecule has 0 saturated heterocycles. The van der Waals surface area contributed by atoms with Crippen molar-refractivity contribution in [2.45, 2.75) is 51.4 Å². The standard InChI is InChI=1S/C29H38N2O2/c32-28(31-13-11-22-7-2-1-3-8-22)26-9-4-5-10-27(26)33-14-6-12-30-21-29-18-23-15-24(19-29)17-25(16-23)20-29/h1-5,7-10,23-25,30H,6,11-21H2,(H,31,32). The fourth-order valence-electron chi connectivity index (χ4n) is 7.08. The molecule has 4 aliphatic carbocycles. The Labute approximate surface area is 198 Å². The van der Waals surface area contributed by atoms with Gasteiger partial charge in [0, 0.05) is 13.1 Å². The molecule has 4 saturated carbocycles. The third-order valence-corrected chi connectivity index (χ3v) is 8.09. The first kappa shape index (κ1) is 22.5. The molecule has 1 amide bonds. The summed E-state index contributed by atoms with van der Waals surface area (Å²) < 4.78 is 6.02. The van der Waals surface area contributed by atoms with Crippen LogP contribution in [0.2, 0.25) is 0 Å². The van der Waals surface area contributed by atoms with Crippen molar-refractivity contribution < 1.29 is 9.53 Å². The fraction of sp³-hybridized carbons (Fsp3) is 0.552. The molecule has 0 spiro atoms. The van der Waals surface area contributed by atoms with Gasteiger partial charge in [0.15, 0.2) is 0 Å². The van der Waals surface area contributed by atoms with Crippen LogP contribution in [0.5, 0.6) is 5.75 Å². The molecule has 0 unspecified atom stereocenters. The highest BCUT2D eigenvalue weighted by Gasteiger charge is 2.50. The van der Waals surface area contributed by atoms with Crippen molar-refractivity contribution in [2.75, 3.05) is 26.2 Å². The third kappa shape index (κ3) is 5.60. The molecule has 4 fully saturated rings. The lowest BCUT2D eigenvalue weighted by molar-refractivity contribution is -0.0512. The van der Waals surface area contributed by atoms with Crippen molar-refractivity contribution >= 4 is 5.91 Å². The molecule has 33 heavy (non-hydrogen) atoms. The molecule has 176 valence electrons. The van der Waals surface area contributed by atoms with Crippen molar-refractivity contribution in [3.8, 4) is 5.75 Å². The monoisotopic (exact) mass is 446 g/mol. The van der Waals surface area contributed by atoms with E-state index in [2.05, 4.69) is 22.8 Å². The Hall–Kier alpha value is -2.33. The molecular weight excluding hydrogens is 408 g/mol. The maximum absolute atomic E-state index is 12.7. The predicted octanol–water partition coefficient (Wildman–Crippen LogP) is 5.23. The quantitative estimate of drug-likeness (QED) is 0.465. The Balaban J connectivity index is 1.03. The van der Waals surface area contributed by atoms with Crippen molar-refractivity contribution in [1.29, 1.82) is 0 Å². The van der Waals surface area contributed by atoms with Crippen LogP contribution in [0.25, 0.3) is 0 Å². The number of carbonyl (C=O) groups excluding carboxylic acids is 1. The molecule has 2 aromatic rings. The highest BCUT2D eigenvalue weighted by Crippen LogP contribution is 2.59. The van der Waals surface area contributed by atoms with Gasteiger partial charge in [-0.3, -0.25) is 4.79 Å². The number of hydrogen-bond acceptors (Lipinski definition) is 3. The molecule has 0 radical (unpaired) electrons. The van der Waals surface area contributed by atoms with Gasteiger partial charge >= 0.3 is 0 Å². The van der Waals surface area contributed by atoms with Gasteiger partial charge in [0.05, 0.1) is 12.2 Å². The van der Waals surface area contributed by atoms with Gasteiger partial charge in [0.1, 0.15) is 5.75 Å². The molecule has 4 heteroatoms. The van der Waals surface area contributed by atoms with E-state index < -0.39 is 0 Å². The average Bonchev–Trinajstić information content (AvgIpc) is 2.81. The van der Waals surface area contributed by atoms with Crippen LogP contribution in [-0.2, 0) is 6.42 Å². The van der Waals surface area contributed by atoms with Crippen molar-refractivity contribution in [3.05, 3.63) is 65.7 Å². The van der Waals surface area contributed by atoms with Gasteiger partial charge < -0.3 is 15.4 Å². The predicted molar refractivity (Wildman–Crippen MR) is 133 cm³/mol. The van der Waals surface area contributed by atoms with Crippen LogP contribution in [0.1, 0.15) is 60.9 Å². The van der Waals surface area contributed by atoms with Gasteiger partial charge in [0.2, 0.25) is 0 Å². The number of nitrogens with one attached hydrogen (secondary N) is 2. The minimum Gasteiger partial charge on any atom is -0.493 e. The maximum atomic E-state index is 12.7. The normalized spacial score (nSPS) is 27.5. The molecule has 0 atom stereocenters. The van der Waals surface area contributed by atoms with Crippen LogP contribution in [-0.4, -0.2) is 32.1 Å². The van der Waals surface area contributed by atoms with Crippen LogP contribution in [0.15, 0.2) is 54.6 Å². The molecule has 4 bridgehead atoms. The molecule has 6 rings (SSSR count). The largest absolute Gasteiger partial charge is 0.493 e. The Morgan fingerprint density at radius 1 is 0.879 bits per heavy atom. The summed E-state index contributed by atoms with van der Waals surface area (Å²) in [6, 6.07) is 17.8. The van der Waals surface area contributed by atoms with Crippen LogP contribution < -0.4 is 15.4 Å². The Bertz CT molecular complexity index is 891. The maximum Gasteiger partial charge on any atom is 0.255 e.